The van der Waals surface area contributed by atoms with E-state index in [4.69, 9.17) is 0 Å². The van der Waals surface area contributed by atoms with E-state index in [0.29, 0.717) is 17.0 Å². The number of halogens is 1. The van der Waals surface area contributed by atoms with Gasteiger partial charge in [0, 0.05) is 11.3 Å². The van der Waals surface area contributed by atoms with Crippen LogP contribution in [0.3, 0.4) is 0 Å². The minimum Gasteiger partial charge on any atom is -0.339 e. The summed E-state index contributed by atoms with van der Waals surface area (Å²) in [5.74, 6) is -0.120. The SMILES string of the molecule is CC1=C(c2ccc(F)cc2)S(=O)(=O)N=C1Nc1cc(C)ccc1C. The Hall–Kier alpha value is -2.47. The predicted molar refractivity (Wildman–Crippen MR) is 94.9 cm³/mol. The molecule has 0 atom stereocenters. The maximum atomic E-state index is 13.1. The lowest BCUT2D eigenvalue weighted by atomic mass is 10.1. The summed E-state index contributed by atoms with van der Waals surface area (Å²) in [7, 11) is -3.81. The molecule has 6 heteroatoms. The molecule has 2 aromatic rings. The molecule has 0 spiro atoms. The number of rotatable bonds is 2. The van der Waals surface area contributed by atoms with E-state index in [0.717, 1.165) is 16.8 Å². The zero-order chi connectivity index (χ0) is 17.5. The van der Waals surface area contributed by atoms with Gasteiger partial charge >= 0.3 is 0 Å². The molecule has 0 bridgehead atoms. The smallest absolute Gasteiger partial charge is 0.285 e. The molecule has 24 heavy (non-hydrogen) atoms. The van der Waals surface area contributed by atoms with E-state index in [9.17, 15) is 12.8 Å². The van der Waals surface area contributed by atoms with Gasteiger partial charge in [0.25, 0.3) is 10.0 Å². The molecule has 0 aliphatic carbocycles. The summed E-state index contributed by atoms with van der Waals surface area (Å²) < 4.78 is 41.8. The molecule has 1 heterocycles. The minimum absolute atomic E-state index is 0.107. The third-order valence-electron chi connectivity index (χ3n) is 3.92. The summed E-state index contributed by atoms with van der Waals surface area (Å²) in [5.41, 5.74) is 3.80. The highest BCUT2D eigenvalue weighted by Gasteiger charge is 2.31. The van der Waals surface area contributed by atoms with Crippen LogP contribution in [0.1, 0.15) is 23.6 Å². The second-order valence-electron chi connectivity index (χ2n) is 5.82. The number of anilines is 1. The molecule has 0 saturated carbocycles. The standard InChI is InChI=1S/C18H17FN2O2S/c1-11-4-5-12(2)16(10-11)20-18-13(3)17(24(22,23)21-18)14-6-8-15(19)9-7-14/h4-10H,1-3H3,(H,20,21). The molecule has 124 valence electrons. The zero-order valence-electron chi connectivity index (χ0n) is 13.6. The highest BCUT2D eigenvalue weighted by atomic mass is 32.2. The van der Waals surface area contributed by atoms with Gasteiger partial charge in [-0.15, -0.1) is 4.40 Å². The molecule has 0 amide bonds. The molecule has 1 aliphatic rings. The van der Waals surface area contributed by atoms with E-state index < -0.39 is 15.8 Å². The molecule has 1 N–H and O–H groups in total. The highest BCUT2D eigenvalue weighted by molar-refractivity contribution is 8.00. The van der Waals surface area contributed by atoms with Gasteiger partial charge < -0.3 is 5.32 Å². The van der Waals surface area contributed by atoms with Crippen LogP contribution < -0.4 is 5.32 Å². The van der Waals surface area contributed by atoms with Crippen molar-refractivity contribution in [3.8, 4) is 0 Å². The van der Waals surface area contributed by atoms with E-state index in [1.54, 1.807) is 6.92 Å². The number of benzene rings is 2. The largest absolute Gasteiger partial charge is 0.339 e. The van der Waals surface area contributed by atoms with Gasteiger partial charge in [-0.3, -0.25) is 0 Å². The number of aryl methyl sites for hydroxylation is 2. The van der Waals surface area contributed by atoms with Crippen molar-refractivity contribution >= 4 is 26.5 Å². The topological polar surface area (TPSA) is 58.5 Å². The average Bonchev–Trinajstić information content (AvgIpc) is 2.73. The Labute approximate surface area is 140 Å². The first-order valence-electron chi connectivity index (χ1n) is 7.44. The third kappa shape index (κ3) is 2.97. The van der Waals surface area contributed by atoms with Crippen molar-refractivity contribution in [1.29, 1.82) is 0 Å². The molecule has 0 unspecified atom stereocenters. The van der Waals surface area contributed by atoms with Gasteiger partial charge in [0.15, 0.2) is 0 Å². The molecule has 4 nitrogen and oxygen atoms in total. The second-order valence-corrected chi connectivity index (χ2v) is 7.36. The summed E-state index contributed by atoms with van der Waals surface area (Å²) >= 11 is 0. The first-order chi connectivity index (χ1) is 11.3. The Bertz CT molecular complexity index is 975. The average molecular weight is 344 g/mol. The lowest BCUT2D eigenvalue weighted by molar-refractivity contribution is 0.608. The summed E-state index contributed by atoms with van der Waals surface area (Å²) in [6.45, 7) is 5.59. The summed E-state index contributed by atoms with van der Waals surface area (Å²) in [6.07, 6.45) is 0. The van der Waals surface area contributed by atoms with Crippen LogP contribution in [0.4, 0.5) is 10.1 Å². The van der Waals surface area contributed by atoms with Crippen LogP contribution >= 0.6 is 0 Å². The summed E-state index contributed by atoms with van der Waals surface area (Å²) in [6, 6.07) is 11.3. The van der Waals surface area contributed by atoms with Gasteiger partial charge in [0.2, 0.25) is 0 Å². The fourth-order valence-corrected chi connectivity index (χ4v) is 4.05. The number of sulfonamides is 1. The van der Waals surface area contributed by atoms with Crippen molar-refractivity contribution in [2.75, 3.05) is 5.32 Å². The van der Waals surface area contributed by atoms with Crippen molar-refractivity contribution in [1.82, 2.24) is 0 Å². The molecule has 2 aromatic carbocycles. The van der Waals surface area contributed by atoms with Crippen LogP contribution in [0, 0.1) is 19.7 Å². The summed E-state index contributed by atoms with van der Waals surface area (Å²) in [4.78, 5) is 0.107. The third-order valence-corrected chi connectivity index (χ3v) is 5.40. The van der Waals surface area contributed by atoms with Gasteiger partial charge in [0.05, 0.1) is 0 Å². The van der Waals surface area contributed by atoms with Gasteiger partial charge in [-0.2, -0.15) is 8.42 Å². The Morgan fingerprint density at radius 1 is 1.00 bits per heavy atom. The summed E-state index contributed by atoms with van der Waals surface area (Å²) in [5, 5.41) is 3.11. The van der Waals surface area contributed by atoms with Crippen molar-refractivity contribution in [3.63, 3.8) is 0 Å². The molecule has 0 aromatic heterocycles. The first kappa shape index (κ1) is 16.4. The number of hydrogen-bond donors (Lipinski definition) is 1. The lowest BCUT2D eigenvalue weighted by Crippen LogP contribution is -2.12. The maximum absolute atomic E-state index is 13.1. The van der Waals surface area contributed by atoms with Crippen molar-refractivity contribution < 1.29 is 12.8 Å². The van der Waals surface area contributed by atoms with Gasteiger partial charge in [-0.05, 0) is 55.7 Å². The maximum Gasteiger partial charge on any atom is 0.285 e. The van der Waals surface area contributed by atoms with E-state index in [1.807, 2.05) is 32.0 Å². The molecular formula is C18H17FN2O2S. The fourth-order valence-electron chi connectivity index (χ4n) is 2.62. The van der Waals surface area contributed by atoms with E-state index in [2.05, 4.69) is 9.71 Å². The molecule has 1 aliphatic heterocycles. The number of nitrogens with zero attached hydrogens (tertiary/aromatic N) is 1. The van der Waals surface area contributed by atoms with Gasteiger partial charge in [-0.25, -0.2) is 4.39 Å². The number of hydrogen-bond acceptors (Lipinski definition) is 3. The van der Waals surface area contributed by atoms with Crippen LogP contribution in [0.25, 0.3) is 4.91 Å². The Morgan fingerprint density at radius 3 is 2.33 bits per heavy atom. The van der Waals surface area contributed by atoms with Crippen LogP contribution in [0.15, 0.2) is 52.4 Å². The van der Waals surface area contributed by atoms with Gasteiger partial charge in [0.1, 0.15) is 16.6 Å². The van der Waals surface area contributed by atoms with Crippen LogP contribution in [-0.2, 0) is 10.0 Å². The Morgan fingerprint density at radius 2 is 1.67 bits per heavy atom. The van der Waals surface area contributed by atoms with E-state index in [1.165, 1.54) is 24.3 Å². The van der Waals surface area contributed by atoms with Crippen molar-refractivity contribution in [2.45, 2.75) is 20.8 Å². The van der Waals surface area contributed by atoms with Crippen LogP contribution in [0.5, 0.6) is 0 Å². The quantitative estimate of drug-likeness (QED) is 0.895. The monoisotopic (exact) mass is 344 g/mol. The molecule has 0 radical (unpaired) electrons. The lowest BCUT2D eigenvalue weighted by Gasteiger charge is -2.10. The Balaban J connectivity index is 2.04. The molecule has 0 saturated heterocycles. The predicted octanol–water partition coefficient (Wildman–Crippen LogP) is 4.03. The van der Waals surface area contributed by atoms with Gasteiger partial charge in [-0.1, -0.05) is 24.3 Å². The van der Waals surface area contributed by atoms with E-state index >= 15 is 0 Å². The first-order valence-corrected chi connectivity index (χ1v) is 8.88. The number of nitrogens with one attached hydrogen (secondary N) is 1. The van der Waals surface area contributed by atoms with E-state index in [-0.39, 0.29) is 4.91 Å². The fraction of sp³-hybridized carbons (Fsp3) is 0.167. The highest BCUT2D eigenvalue weighted by Crippen LogP contribution is 2.33. The molecule has 3 rings (SSSR count). The molecule has 0 fully saturated rings. The van der Waals surface area contributed by atoms with Crippen LogP contribution in [0.2, 0.25) is 0 Å². The van der Waals surface area contributed by atoms with Crippen molar-refractivity contribution in [2.24, 2.45) is 4.40 Å². The normalized spacial score (nSPS) is 16.2. The van der Waals surface area contributed by atoms with Crippen LogP contribution in [-0.4, -0.2) is 14.3 Å². The zero-order valence-corrected chi connectivity index (χ0v) is 14.4. The van der Waals surface area contributed by atoms with Crippen molar-refractivity contribution in [3.05, 3.63) is 70.5 Å². The second kappa shape index (κ2) is 5.87. The Kier molecular flexibility index (Phi) is 4.01. The number of amidine groups is 1. The minimum atomic E-state index is -3.81. The molecular weight excluding hydrogens is 327 g/mol.